The van der Waals surface area contributed by atoms with Crippen LogP contribution in [0.4, 0.5) is 0 Å². The maximum atomic E-state index is 12.4. The first-order chi connectivity index (χ1) is 10.3. The Morgan fingerprint density at radius 1 is 1.14 bits per heavy atom. The molecular formula is C16H20N2O3. The Labute approximate surface area is 123 Å². The molecule has 0 bridgehead atoms. The third-order valence-electron chi connectivity index (χ3n) is 3.56. The molecule has 2 aromatic heterocycles. The van der Waals surface area contributed by atoms with E-state index in [0.29, 0.717) is 25.6 Å². The summed E-state index contributed by atoms with van der Waals surface area (Å²) in [6.45, 7) is 1.67. The Morgan fingerprint density at radius 3 is 2.24 bits per heavy atom. The minimum Gasteiger partial charge on any atom is -0.467 e. The lowest BCUT2D eigenvalue weighted by Crippen LogP contribution is -2.32. The second-order valence-electron chi connectivity index (χ2n) is 5.39. The number of nitrogens with zero attached hydrogens (tertiary/aromatic N) is 1. The SMILES string of the molecule is O=C(CCNC1CC1)N(Cc1ccco1)Cc1ccco1. The standard InChI is InChI=1S/C16H20N2O3/c19-16(7-8-17-13-5-6-13)18(11-14-3-1-9-20-14)12-15-4-2-10-21-15/h1-4,9-10,13,17H,5-8,11-12H2. The van der Waals surface area contributed by atoms with E-state index in [9.17, 15) is 4.79 Å². The number of furan rings is 2. The molecule has 1 aliphatic carbocycles. The van der Waals surface area contributed by atoms with Crippen LogP contribution in [0.5, 0.6) is 0 Å². The summed E-state index contributed by atoms with van der Waals surface area (Å²) in [5.41, 5.74) is 0. The molecule has 3 rings (SSSR count). The monoisotopic (exact) mass is 288 g/mol. The van der Waals surface area contributed by atoms with Gasteiger partial charge in [0.05, 0.1) is 25.6 Å². The van der Waals surface area contributed by atoms with Crippen molar-refractivity contribution in [1.29, 1.82) is 0 Å². The van der Waals surface area contributed by atoms with Crippen molar-refractivity contribution in [2.24, 2.45) is 0 Å². The van der Waals surface area contributed by atoms with E-state index in [1.54, 1.807) is 17.4 Å². The molecule has 0 atom stereocenters. The zero-order valence-electron chi connectivity index (χ0n) is 12.0. The normalized spacial score (nSPS) is 14.3. The van der Waals surface area contributed by atoms with Crippen LogP contribution in [0.25, 0.3) is 0 Å². The molecule has 5 nitrogen and oxygen atoms in total. The van der Waals surface area contributed by atoms with Gasteiger partial charge < -0.3 is 19.1 Å². The third-order valence-corrected chi connectivity index (χ3v) is 3.56. The number of carbonyl (C=O) groups is 1. The fraction of sp³-hybridized carbons (Fsp3) is 0.438. The highest BCUT2D eigenvalue weighted by molar-refractivity contribution is 5.76. The second kappa shape index (κ2) is 6.63. The van der Waals surface area contributed by atoms with Crippen molar-refractivity contribution in [3.8, 4) is 0 Å². The highest BCUT2D eigenvalue weighted by Crippen LogP contribution is 2.18. The molecule has 1 fully saturated rings. The van der Waals surface area contributed by atoms with Gasteiger partial charge in [0.25, 0.3) is 0 Å². The van der Waals surface area contributed by atoms with Gasteiger partial charge in [-0.2, -0.15) is 0 Å². The van der Waals surface area contributed by atoms with E-state index < -0.39 is 0 Å². The Balaban J connectivity index is 1.57. The van der Waals surface area contributed by atoms with Crippen LogP contribution < -0.4 is 5.32 Å². The summed E-state index contributed by atoms with van der Waals surface area (Å²) < 4.78 is 10.7. The molecule has 112 valence electrons. The molecule has 5 heteroatoms. The number of amides is 1. The molecule has 1 aliphatic rings. The predicted octanol–water partition coefficient (Wildman–Crippen LogP) is 2.54. The maximum Gasteiger partial charge on any atom is 0.224 e. The third kappa shape index (κ3) is 4.23. The Kier molecular flexibility index (Phi) is 4.40. The number of hydrogen-bond donors (Lipinski definition) is 1. The van der Waals surface area contributed by atoms with E-state index in [0.717, 1.165) is 18.1 Å². The first kappa shape index (κ1) is 13.9. The fourth-order valence-corrected chi connectivity index (χ4v) is 2.24. The Bertz CT molecular complexity index is 508. The topological polar surface area (TPSA) is 58.6 Å². The van der Waals surface area contributed by atoms with Gasteiger partial charge in [0.15, 0.2) is 0 Å². The summed E-state index contributed by atoms with van der Waals surface area (Å²) >= 11 is 0. The van der Waals surface area contributed by atoms with Gasteiger partial charge in [-0.1, -0.05) is 0 Å². The van der Waals surface area contributed by atoms with Crippen LogP contribution in [0.3, 0.4) is 0 Å². The van der Waals surface area contributed by atoms with E-state index >= 15 is 0 Å². The van der Waals surface area contributed by atoms with Crippen LogP contribution in [-0.2, 0) is 17.9 Å². The van der Waals surface area contributed by atoms with Gasteiger partial charge in [0, 0.05) is 19.0 Å². The van der Waals surface area contributed by atoms with Crippen molar-refractivity contribution in [3.05, 3.63) is 48.3 Å². The molecule has 0 aliphatic heterocycles. The van der Waals surface area contributed by atoms with Crippen LogP contribution in [0.2, 0.25) is 0 Å². The van der Waals surface area contributed by atoms with Crippen LogP contribution in [0.1, 0.15) is 30.8 Å². The summed E-state index contributed by atoms with van der Waals surface area (Å²) in [6, 6.07) is 8.05. The zero-order chi connectivity index (χ0) is 14.5. The minimum absolute atomic E-state index is 0.107. The molecule has 1 amide bonds. The molecule has 21 heavy (non-hydrogen) atoms. The van der Waals surface area contributed by atoms with Crippen molar-refractivity contribution < 1.29 is 13.6 Å². The molecule has 0 saturated heterocycles. The summed E-state index contributed by atoms with van der Waals surface area (Å²) in [5.74, 6) is 1.67. The average molecular weight is 288 g/mol. The first-order valence-electron chi connectivity index (χ1n) is 7.37. The highest BCUT2D eigenvalue weighted by Gasteiger charge is 2.21. The Hall–Kier alpha value is -2.01. The van der Waals surface area contributed by atoms with Crippen molar-refractivity contribution in [3.63, 3.8) is 0 Å². The number of nitrogens with one attached hydrogen (secondary N) is 1. The molecular weight excluding hydrogens is 268 g/mol. The highest BCUT2D eigenvalue weighted by atomic mass is 16.3. The zero-order valence-corrected chi connectivity index (χ0v) is 12.0. The van der Waals surface area contributed by atoms with Gasteiger partial charge in [-0.05, 0) is 37.1 Å². The average Bonchev–Trinajstić information content (AvgIpc) is 2.94. The van der Waals surface area contributed by atoms with Crippen LogP contribution in [0, 0.1) is 0 Å². The van der Waals surface area contributed by atoms with E-state index in [1.165, 1.54) is 12.8 Å². The van der Waals surface area contributed by atoms with Crippen molar-refractivity contribution >= 4 is 5.91 Å². The number of hydrogen-bond acceptors (Lipinski definition) is 4. The molecule has 1 N–H and O–H groups in total. The molecule has 0 aromatic carbocycles. The van der Waals surface area contributed by atoms with Gasteiger partial charge in [0.1, 0.15) is 11.5 Å². The number of carbonyl (C=O) groups excluding carboxylic acids is 1. The maximum absolute atomic E-state index is 12.4. The van der Waals surface area contributed by atoms with Crippen LogP contribution >= 0.6 is 0 Å². The van der Waals surface area contributed by atoms with Gasteiger partial charge in [-0.3, -0.25) is 4.79 Å². The first-order valence-corrected chi connectivity index (χ1v) is 7.37. The van der Waals surface area contributed by atoms with E-state index in [-0.39, 0.29) is 5.91 Å². The molecule has 1 saturated carbocycles. The lowest BCUT2D eigenvalue weighted by molar-refractivity contribution is -0.132. The summed E-state index contributed by atoms with van der Waals surface area (Å²) in [4.78, 5) is 14.2. The molecule has 0 unspecified atom stereocenters. The van der Waals surface area contributed by atoms with Gasteiger partial charge in [0.2, 0.25) is 5.91 Å². The van der Waals surface area contributed by atoms with E-state index in [1.807, 2.05) is 24.3 Å². The summed E-state index contributed by atoms with van der Waals surface area (Å²) in [7, 11) is 0. The minimum atomic E-state index is 0.107. The Morgan fingerprint density at radius 2 is 1.76 bits per heavy atom. The van der Waals surface area contributed by atoms with Gasteiger partial charge in [-0.15, -0.1) is 0 Å². The molecule has 2 aromatic rings. The van der Waals surface area contributed by atoms with E-state index in [4.69, 9.17) is 8.83 Å². The van der Waals surface area contributed by atoms with Crippen molar-refractivity contribution in [1.82, 2.24) is 10.2 Å². The van der Waals surface area contributed by atoms with Gasteiger partial charge in [-0.25, -0.2) is 0 Å². The summed E-state index contributed by atoms with van der Waals surface area (Å²) in [5, 5.41) is 3.37. The quantitative estimate of drug-likeness (QED) is 0.811. The fourth-order valence-electron chi connectivity index (χ4n) is 2.24. The molecule has 2 heterocycles. The van der Waals surface area contributed by atoms with E-state index in [2.05, 4.69) is 5.32 Å². The van der Waals surface area contributed by atoms with Crippen LogP contribution in [-0.4, -0.2) is 23.4 Å². The summed E-state index contributed by atoms with van der Waals surface area (Å²) in [6.07, 6.45) is 6.21. The molecule has 0 radical (unpaired) electrons. The van der Waals surface area contributed by atoms with Gasteiger partial charge >= 0.3 is 0 Å². The lowest BCUT2D eigenvalue weighted by atomic mass is 10.3. The largest absolute Gasteiger partial charge is 0.467 e. The van der Waals surface area contributed by atoms with Crippen LogP contribution in [0.15, 0.2) is 45.6 Å². The van der Waals surface area contributed by atoms with Crippen molar-refractivity contribution in [2.45, 2.75) is 38.4 Å². The van der Waals surface area contributed by atoms with Crippen molar-refractivity contribution in [2.75, 3.05) is 6.54 Å². The lowest BCUT2D eigenvalue weighted by Gasteiger charge is -2.20. The number of rotatable bonds is 8. The second-order valence-corrected chi connectivity index (χ2v) is 5.39. The molecule has 0 spiro atoms. The predicted molar refractivity (Wildman–Crippen MR) is 77.3 cm³/mol. The smallest absolute Gasteiger partial charge is 0.224 e.